The minimum atomic E-state index is -0.258. The molecule has 0 radical (unpaired) electrons. The molecule has 1 amide bonds. The number of amides is 1. The van der Waals surface area contributed by atoms with E-state index in [1.807, 2.05) is 50.2 Å². The fourth-order valence-electron chi connectivity index (χ4n) is 3.97. The number of ether oxygens (including phenoxy) is 1. The molecule has 1 aliphatic heterocycles. The van der Waals surface area contributed by atoms with Gasteiger partial charge < -0.3 is 19.6 Å². The molecule has 0 aromatic heterocycles. The average molecular weight is 426 g/mol. The summed E-state index contributed by atoms with van der Waals surface area (Å²) in [7, 11) is 6.00. The van der Waals surface area contributed by atoms with Crippen LogP contribution in [0, 0.1) is 5.92 Å². The van der Waals surface area contributed by atoms with Crippen molar-refractivity contribution in [2.75, 3.05) is 45.7 Å². The lowest BCUT2D eigenvalue weighted by molar-refractivity contribution is 0.0341. The van der Waals surface area contributed by atoms with Gasteiger partial charge in [0.2, 0.25) is 0 Å². The molecular formula is C25H35N3O3. The van der Waals surface area contributed by atoms with Gasteiger partial charge in [0.05, 0.1) is 18.2 Å². The number of hydrogen-bond acceptors (Lipinski definition) is 5. The molecule has 0 bridgehead atoms. The van der Waals surface area contributed by atoms with Gasteiger partial charge in [-0.2, -0.15) is 0 Å². The van der Waals surface area contributed by atoms with Crippen LogP contribution in [0.1, 0.15) is 29.8 Å². The molecule has 2 aromatic rings. The number of nitrogens with zero attached hydrogens (tertiary/aromatic N) is 3. The minimum Gasteiger partial charge on any atom is -0.488 e. The van der Waals surface area contributed by atoms with Crippen LogP contribution < -0.4 is 9.64 Å². The van der Waals surface area contributed by atoms with Crippen LogP contribution in [0.4, 0.5) is 5.69 Å². The molecular weight excluding hydrogens is 390 g/mol. The quantitative estimate of drug-likeness (QED) is 0.739. The fraction of sp³-hybridized carbons (Fsp3) is 0.480. The Morgan fingerprint density at radius 1 is 1.16 bits per heavy atom. The SMILES string of the molecule is C[C@@H]1CN([C@H](C)CO)C(=O)c2cc(N(C)C)ccc2O[C@@H]1CN(C)Cc1ccccc1. The van der Waals surface area contributed by atoms with Gasteiger partial charge in [0.25, 0.3) is 5.91 Å². The molecule has 1 aliphatic rings. The summed E-state index contributed by atoms with van der Waals surface area (Å²) in [6, 6.07) is 15.9. The molecule has 0 fully saturated rings. The number of carbonyl (C=O) groups is 1. The average Bonchev–Trinajstić information content (AvgIpc) is 2.75. The van der Waals surface area contributed by atoms with Crippen molar-refractivity contribution in [2.24, 2.45) is 5.92 Å². The highest BCUT2D eigenvalue weighted by molar-refractivity contribution is 5.98. The van der Waals surface area contributed by atoms with Crippen molar-refractivity contribution in [2.45, 2.75) is 32.5 Å². The number of fused-ring (bicyclic) bond motifs is 1. The first-order valence-electron chi connectivity index (χ1n) is 10.9. The van der Waals surface area contributed by atoms with Crippen molar-refractivity contribution in [3.05, 3.63) is 59.7 Å². The first-order chi connectivity index (χ1) is 14.8. The molecule has 0 saturated carbocycles. The third-order valence-corrected chi connectivity index (χ3v) is 5.95. The van der Waals surface area contributed by atoms with Crippen molar-refractivity contribution < 1.29 is 14.6 Å². The zero-order valence-electron chi connectivity index (χ0n) is 19.3. The lowest BCUT2D eigenvalue weighted by Gasteiger charge is -2.38. The molecule has 0 aliphatic carbocycles. The van der Waals surface area contributed by atoms with Gasteiger partial charge in [-0.3, -0.25) is 9.69 Å². The van der Waals surface area contributed by atoms with Crippen molar-refractivity contribution >= 4 is 11.6 Å². The van der Waals surface area contributed by atoms with Gasteiger partial charge in [0, 0.05) is 45.3 Å². The van der Waals surface area contributed by atoms with Crippen LogP contribution in [-0.2, 0) is 6.54 Å². The molecule has 0 spiro atoms. The summed E-state index contributed by atoms with van der Waals surface area (Å²) in [6.07, 6.45) is -0.0841. The molecule has 3 rings (SSSR count). The van der Waals surface area contributed by atoms with Crippen molar-refractivity contribution in [1.29, 1.82) is 0 Å². The van der Waals surface area contributed by atoms with E-state index in [2.05, 4.69) is 43.1 Å². The lowest BCUT2D eigenvalue weighted by atomic mass is 9.99. The largest absolute Gasteiger partial charge is 0.488 e. The number of aliphatic hydroxyl groups excluding tert-OH is 1. The van der Waals surface area contributed by atoms with Crippen LogP contribution in [0.25, 0.3) is 0 Å². The predicted octanol–water partition coefficient (Wildman–Crippen LogP) is 3.10. The Balaban J connectivity index is 1.89. The molecule has 3 atom stereocenters. The van der Waals surface area contributed by atoms with Gasteiger partial charge in [0.1, 0.15) is 11.9 Å². The standard InChI is InChI=1S/C25H35N3O3/c1-18-14-28(19(2)17-29)25(30)22-13-21(26(3)4)11-12-23(22)31-24(18)16-27(5)15-20-9-7-6-8-10-20/h6-13,18-19,24,29H,14-17H2,1-5H3/t18-,19-,24-/m1/s1. The molecule has 168 valence electrons. The van der Waals surface area contributed by atoms with E-state index in [4.69, 9.17) is 4.74 Å². The zero-order chi connectivity index (χ0) is 22.5. The van der Waals surface area contributed by atoms with Crippen molar-refractivity contribution in [3.63, 3.8) is 0 Å². The predicted molar refractivity (Wildman–Crippen MR) is 125 cm³/mol. The molecule has 6 nitrogen and oxygen atoms in total. The summed E-state index contributed by atoms with van der Waals surface area (Å²) >= 11 is 0. The maximum absolute atomic E-state index is 13.4. The van der Waals surface area contributed by atoms with Crippen LogP contribution in [0.15, 0.2) is 48.5 Å². The second-order valence-corrected chi connectivity index (χ2v) is 8.88. The molecule has 31 heavy (non-hydrogen) atoms. The zero-order valence-corrected chi connectivity index (χ0v) is 19.3. The third-order valence-electron chi connectivity index (χ3n) is 5.95. The number of aliphatic hydroxyl groups is 1. The van der Waals surface area contributed by atoms with E-state index in [1.54, 1.807) is 4.90 Å². The van der Waals surface area contributed by atoms with Gasteiger partial charge in [0.15, 0.2) is 0 Å². The van der Waals surface area contributed by atoms with Crippen LogP contribution in [-0.4, -0.2) is 73.8 Å². The molecule has 0 unspecified atom stereocenters. The Morgan fingerprint density at radius 3 is 2.52 bits per heavy atom. The van der Waals surface area contributed by atoms with E-state index in [1.165, 1.54) is 5.56 Å². The summed E-state index contributed by atoms with van der Waals surface area (Å²) in [5.41, 5.74) is 2.75. The van der Waals surface area contributed by atoms with Gasteiger partial charge >= 0.3 is 0 Å². The first-order valence-corrected chi connectivity index (χ1v) is 10.9. The smallest absolute Gasteiger partial charge is 0.258 e. The highest BCUT2D eigenvalue weighted by Gasteiger charge is 2.33. The van der Waals surface area contributed by atoms with E-state index in [0.29, 0.717) is 17.9 Å². The fourth-order valence-corrected chi connectivity index (χ4v) is 3.97. The van der Waals surface area contributed by atoms with Gasteiger partial charge in [-0.15, -0.1) is 0 Å². The third kappa shape index (κ3) is 5.57. The summed E-state index contributed by atoms with van der Waals surface area (Å²) in [4.78, 5) is 19.4. The Morgan fingerprint density at radius 2 is 1.87 bits per heavy atom. The van der Waals surface area contributed by atoms with E-state index >= 15 is 0 Å². The summed E-state index contributed by atoms with van der Waals surface area (Å²) in [6.45, 7) is 6.04. The van der Waals surface area contributed by atoms with E-state index in [0.717, 1.165) is 18.8 Å². The summed E-state index contributed by atoms with van der Waals surface area (Å²) in [5, 5.41) is 9.78. The molecule has 0 saturated heterocycles. The first kappa shape index (κ1) is 23.1. The Bertz CT molecular complexity index is 872. The molecule has 1 N–H and O–H groups in total. The van der Waals surface area contributed by atoms with Crippen molar-refractivity contribution in [1.82, 2.24) is 9.80 Å². The number of carbonyl (C=O) groups excluding carboxylic acids is 1. The number of anilines is 1. The second-order valence-electron chi connectivity index (χ2n) is 8.88. The Labute approximate surface area is 186 Å². The van der Waals surface area contributed by atoms with Gasteiger partial charge in [-0.05, 0) is 37.7 Å². The van der Waals surface area contributed by atoms with Crippen LogP contribution in [0.2, 0.25) is 0 Å². The highest BCUT2D eigenvalue weighted by Crippen LogP contribution is 2.31. The van der Waals surface area contributed by atoms with E-state index < -0.39 is 0 Å². The number of hydrogen-bond donors (Lipinski definition) is 1. The summed E-state index contributed by atoms with van der Waals surface area (Å²) < 4.78 is 6.45. The van der Waals surface area contributed by atoms with Crippen LogP contribution >= 0.6 is 0 Å². The number of benzene rings is 2. The van der Waals surface area contributed by atoms with Gasteiger partial charge in [-0.1, -0.05) is 37.3 Å². The highest BCUT2D eigenvalue weighted by atomic mass is 16.5. The number of rotatable bonds is 7. The molecule has 6 heteroatoms. The van der Waals surface area contributed by atoms with E-state index in [-0.39, 0.29) is 30.6 Å². The monoisotopic (exact) mass is 425 g/mol. The lowest BCUT2D eigenvalue weighted by Crippen LogP contribution is -2.49. The van der Waals surface area contributed by atoms with Crippen LogP contribution in [0.5, 0.6) is 5.75 Å². The molecule has 2 aromatic carbocycles. The van der Waals surface area contributed by atoms with Gasteiger partial charge in [-0.25, -0.2) is 0 Å². The van der Waals surface area contributed by atoms with Crippen LogP contribution in [0.3, 0.4) is 0 Å². The second kappa shape index (κ2) is 10.2. The van der Waals surface area contributed by atoms with E-state index in [9.17, 15) is 9.90 Å². The van der Waals surface area contributed by atoms with Crippen molar-refractivity contribution in [3.8, 4) is 5.75 Å². The molecule has 1 heterocycles. The Hall–Kier alpha value is -2.57. The minimum absolute atomic E-state index is 0.0689. The summed E-state index contributed by atoms with van der Waals surface area (Å²) in [5.74, 6) is 0.622. The normalized spacial score (nSPS) is 20.0. The number of likely N-dealkylation sites (N-methyl/N-ethyl adjacent to an activating group) is 1. The maximum Gasteiger partial charge on any atom is 0.258 e. The Kier molecular flexibility index (Phi) is 7.57. The topological polar surface area (TPSA) is 56.3 Å². The maximum atomic E-state index is 13.4.